The average molecular weight is 391 g/mol. The van der Waals surface area contributed by atoms with Crippen molar-refractivity contribution in [2.45, 2.75) is 0 Å². The fourth-order valence-electron chi connectivity index (χ4n) is 2.28. The van der Waals surface area contributed by atoms with Gasteiger partial charge in [-0.3, -0.25) is 4.79 Å². The van der Waals surface area contributed by atoms with Crippen LogP contribution >= 0.6 is 23.2 Å². The lowest BCUT2D eigenvalue weighted by atomic mass is 10.1. The van der Waals surface area contributed by atoms with Gasteiger partial charge >= 0.3 is 0 Å². The first-order valence-electron chi connectivity index (χ1n) is 7.38. The van der Waals surface area contributed by atoms with Gasteiger partial charge in [0.15, 0.2) is 12.4 Å². The van der Waals surface area contributed by atoms with Crippen molar-refractivity contribution in [3.63, 3.8) is 0 Å². The third-order valence-electron chi connectivity index (χ3n) is 3.51. The van der Waals surface area contributed by atoms with Crippen LogP contribution in [0.5, 0.6) is 0 Å². The number of carbonyl (C=O) groups is 1. The van der Waals surface area contributed by atoms with Gasteiger partial charge in [0.25, 0.3) is 11.5 Å². The van der Waals surface area contributed by atoms with Crippen LogP contribution in [0.1, 0.15) is 15.9 Å². The van der Waals surface area contributed by atoms with E-state index in [1.807, 2.05) is 48.8 Å². The number of ketones is 1. The molecule has 0 aliphatic rings. The molecule has 0 aliphatic carbocycles. The van der Waals surface area contributed by atoms with Crippen molar-refractivity contribution in [2.24, 2.45) is 0 Å². The summed E-state index contributed by atoms with van der Waals surface area (Å²) >= 11 is 11.8. The number of halogens is 3. The average Bonchev–Trinajstić information content (AvgIpc) is 2.62. The number of pyridine rings is 1. The minimum atomic E-state index is -0.0854. The normalized spacial score (nSPS) is 10.9. The molecule has 126 valence electrons. The second-order valence-corrected chi connectivity index (χ2v) is 6.07. The van der Waals surface area contributed by atoms with Gasteiger partial charge in [-0.25, -0.2) is 0 Å². The van der Waals surface area contributed by atoms with E-state index < -0.39 is 0 Å². The molecule has 2 nitrogen and oxygen atoms in total. The molecule has 3 aromatic rings. The summed E-state index contributed by atoms with van der Waals surface area (Å²) in [6, 6.07) is 19.9. The topological polar surface area (TPSA) is 20.9 Å². The van der Waals surface area contributed by atoms with E-state index in [2.05, 4.69) is 0 Å². The lowest BCUT2D eigenvalue weighted by Gasteiger charge is -2.03. The van der Waals surface area contributed by atoms with Crippen molar-refractivity contribution in [1.29, 1.82) is 0 Å². The van der Waals surface area contributed by atoms with Crippen LogP contribution in [0.25, 0.3) is 11.8 Å². The summed E-state index contributed by atoms with van der Waals surface area (Å²) in [6.07, 6.45) is 5.53. The highest BCUT2D eigenvalue weighted by molar-refractivity contribution is 6.31. The number of hydrogen-bond donors (Lipinski definition) is 0. The molecule has 5 heteroatoms. The Morgan fingerprint density at radius 2 is 1.32 bits per heavy atom. The van der Waals surface area contributed by atoms with Crippen LogP contribution < -0.4 is 17.0 Å². The number of hydrogen-bond acceptors (Lipinski definition) is 1. The number of allylic oxidation sites excluding steroid dienone is 1. The molecular formula is C20H14Cl3NO. The van der Waals surface area contributed by atoms with Crippen LogP contribution in [0, 0.1) is 0 Å². The quantitative estimate of drug-likeness (QED) is 0.380. The lowest BCUT2D eigenvalue weighted by molar-refractivity contribution is -0.575. The predicted molar refractivity (Wildman–Crippen MR) is 98.0 cm³/mol. The predicted octanol–water partition coefficient (Wildman–Crippen LogP) is 2.17. The summed E-state index contributed by atoms with van der Waals surface area (Å²) in [7, 11) is 0. The maximum absolute atomic E-state index is 13.0. The highest BCUT2D eigenvalue weighted by Gasteiger charge is 2.21. The molecule has 0 aliphatic heterocycles. The minimum absolute atomic E-state index is 0. The number of aromatic nitrogens is 1. The standard InChI is InChI=1S/C20H14Cl2NO.ClH/c21-17-8-4-15(5-9-17)14-19(23-12-2-1-3-13-23)20(24)16-6-10-18(22)11-7-16;/h1-14H;1H/q+1;/p-1/b19-14-;. The first kappa shape index (κ1) is 19.2. The van der Waals surface area contributed by atoms with Crippen LogP contribution in [0.4, 0.5) is 0 Å². The summed E-state index contributed by atoms with van der Waals surface area (Å²) in [5.41, 5.74) is 2.02. The molecule has 0 atom stereocenters. The van der Waals surface area contributed by atoms with Crippen LogP contribution in [0.3, 0.4) is 0 Å². The Morgan fingerprint density at radius 1 is 0.800 bits per heavy atom. The number of carbonyl (C=O) groups excluding carboxylic acids is 1. The van der Waals surface area contributed by atoms with E-state index in [4.69, 9.17) is 23.2 Å². The molecule has 2 aromatic carbocycles. The number of nitrogens with zero attached hydrogens (tertiary/aromatic N) is 1. The van der Waals surface area contributed by atoms with Crippen molar-refractivity contribution in [1.82, 2.24) is 0 Å². The van der Waals surface area contributed by atoms with Gasteiger partial charge in [-0.1, -0.05) is 41.4 Å². The lowest BCUT2D eigenvalue weighted by Crippen LogP contribution is -3.00. The van der Waals surface area contributed by atoms with E-state index in [1.165, 1.54) is 0 Å². The smallest absolute Gasteiger partial charge is 0.259 e. The van der Waals surface area contributed by atoms with E-state index in [0.717, 1.165) is 5.56 Å². The molecule has 25 heavy (non-hydrogen) atoms. The first-order valence-corrected chi connectivity index (χ1v) is 8.13. The Bertz CT molecular complexity index is 873. The highest BCUT2D eigenvalue weighted by atomic mass is 35.5. The van der Waals surface area contributed by atoms with Gasteiger partial charge in [0.05, 0.1) is 0 Å². The fraction of sp³-hybridized carbons (Fsp3) is 0. The van der Waals surface area contributed by atoms with Gasteiger partial charge in [0.2, 0.25) is 0 Å². The van der Waals surface area contributed by atoms with Crippen molar-refractivity contribution in [3.8, 4) is 0 Å². The molecule has 0 saturated carbocycles. The second kappa shape index (κ2) is 8.82. The van der Waals surface area contributed by atoms with E-state index in [1.54, 1.807) is 41.0 Å². The zero-order chi connectivity index (χ0) is 16.9. The van der Waals surface area contributed by atoms with Gasteiger partial charge in [-0.15, -0.1) is 0 Å². The third kappa shape index (κ3) is 4.93. The molecule has 0 N–H and O–H groups in total. The monoisotopic (exact) mass is 389 g/mol. The first-order chi connectivity index (χ1) is 11.6. The number of benzene rings is 2. The SMILES string of the molecule is O=C(/C(=C/c1ccc(Cl)cc1)[n+]1ccccc1)c1ccc(Cl)cc1.[Cl-]. The summed E-state index contributed by atoms with van der Waals surface area (Å²) in [6.45, 7) is 0. The largest absolute Gasteiger partial charge is 1.00 e. The molecule has 0 fully saturated rings. The van der Waals surface area contributed by atoms with Crippen LogP contribution in [-0.4, -0.2) is 5.78 Å². The summed E-state index contributed by atoms with van der Waals surface area (Å²) in [5, 5.41) is 1.26. The molecule has 0 spiro atoms. The van der Waals surface area contributed by atoms with E-state index >= 15 is 0 Å². The van der Waals surface area contributed by atoms with Crippen LogP contribution in [-0.2, 0) is 0 Å². The summed E-state index contributed by atoms with van der Waals surface area (Å²) < 4.78 is 1.80. The van der Waals surface area contributed by atoms with Crippen LogP contribution in [0.2, 0.25) is 10.0 Å². The molecule has 3 rings (SSSR count). The number of Topliss-reactive ketones (excluding diaryl/α,β-unsaturated/α-hetero) is 1. The van der Waals surface area contributed by atoms with Gasteiger partial charge < -0.3 is 12.4 Å². The Labute approximate surface area is 162 Å². The van der Waals surface area contributed by atoms with Gasteiger partial charge in [-0.2, -0.15) is 4.57 Å². The van der Waals surface area contributed by atoms with E-state index in [9.17, 15) is 4.79 Å². The second-order valence-electron chi connectivity index (χ2n) is 5.20. The zero-order valence-corrected chi connectivity index (χ0v) is 15.3. The highest BCUT2D eigenvalue weighted by Crippen LogP contribution is 2.17. The minimum Gasteiger partial charge on any atom is -1.00 e. The molecule has 0 radical (unpaired) electrons. The van der Waals surface area contributed by atoms with E-state index in [0.29, 0.717) is 21.3 Å². The van der Waals surface area contributed by atoms with Crippen molar-refractivity contribution >= 4 is 40.8 Å². The van der Waals surface area contributed by atoms with Crippen molar-refractivity contribution < 1.29 is 21.8 Å². The maximum atomic E-state index is 13.0. The molecule has 1 aromatic heterocycles. The molecule has 0 bridgehead atoms. The maximum Gasteiger partial charge on any atom is 0.259 e. The molecule has 0 saturated heterocycles. The molecule has 0 unspecified atom stereocenters. The van der Waals surface area contributed by atoms with Gasteiger partial charge in [-0.05, 0) is 42.0 Å². The summed E-state index contributed by atoms with van der Waals surface area (Å²) in [5.74, 6) is -0.0854. The van der Waals surface area contributed by atoms with Crippen molar-refractivity contribution in [2.75, 3.05) is 0 Å². The van der Waals surface area contributed by atoms with Gasteiger partial charge in [0, 0.05) is 33.8 Å². The van der Waals surface area contributed by atoms with E-state index in [-0.39, 0.29) is 18.2 Å². The van der Waals surface area contributed by atoms with Crippen LogP contribution in [0.15, 0.2) is 79.1 Å². The Kier molecular flexibility index (Phi) is 6.77. The molecular weight excluding hydrogens is 377 g/mol. The van der Waals surface area contributed by atoms with Crippen molar-refractivity contribution in [3.05, 3.63) is 100 Å². The molecule has 1 heterocycles. The fourth-order valence-corrected chi connectivity index (χ4v) is 2.53. The number of rotatable bonds is 4. The Hall–Kier alpha value is -2.13. The Balaban J connectivity index is 0.00000225. The Morgan fingerprint density at radius 3 is 1.88 bits per heavy atom. The summed E-state index contributed by atoms with van der Waals surface area (Å²) in [4.78, 5) is 13.0. The zero-order valence-electron chi connectivity index (χ0n) is 13.1. The molecule has 0 amide bonds. The third-order valence-corrected chi connectivity index (χ3v) is 4.01. The van der Waals surface area contributed by atoms with Gasteiger partial charge in [0.1, 0.15) is 0 Å².